The lowest BCUT2D eigenvalue weighted by atomic mass is 10.1. The summed E-state index contributed by atoms with van der Waals surface area (Å²) < 4.78 is 72.6. The summed E-state index contributed by atoms with van der Waals surface area (Å²) in [5.74, 6) is -1.11. The average Bonchev–Trinajstić information content (AvgIpc) is 2.70. The third kappa shape index (κ3) is 6.86. The van der Waals surface area contributed by atoms with Gasteiger partial charge in [0.15, 0.2) is 0 Å². The Morgan fingerprint density at radius 1 is 1.03 bits per heavy atom. The van der Waals surface area contributed by atoms with Gasteiger partial charge in [-0.25, -0.2) is 8.42 Å². The van der Waals surface area contributed by atoms with Crippen LogP contribution in [0.1, 0.15) is 50.8 Å². The first-order valence-corrected chi connectivity index (χ1v) is 11.9. The molecule has 0 unspecified atom stereocenters. The van der Waals surface area contributed by atoms with Gasteiger partial charge in [0.05, 0.1) is 16.5 Å². The van der Waals surface area contributed by atoms with Crippen LogP contribution in [0.3, 0.4) is 0 Å². The zero-order valence-electron chi connectivity index (χ0n) is 18.9. The summed E-state index contributed by atoms with van der Waals surface area (Å²) in [6, 6.07) is 9.03. The SMILES string of the molecule is CC(C)N(c1ccc(C(F)(F)F)cc1OCc1ccc(CCC(=O)O)cc1)S(=O)(=O)C(C)C. The Hall–Kier alpha value is -2.75. The van der Waals surface area contributed by atoms with Gasteiger partial charge in [-0.1, -0.05) is 24.3 Å². The van der Waals surface area contributed by atoms with Crippen molar-refractivity contribution in [3.8, 4) is 5.75 Å². The number of hydrogen-bond donors (Lipinski definition) is 1. The third-order valence-corrected chi connectivity index (χ3v) is 7.27. The molecule has 0 fully saturated rings. The van der Waals surface area contributed by atoms with Crippen LogP contribution in [-0.2, 0) is 34.0 Å². The molecule has 33 heavy (non-hydrogen) atoms. The van der Waals surface area contributed by atoms with E-state index in [0.29, 0.717) is 12.0 Å². The monoisotopic (exact) mass is 487 g/mol. The molecule has 0 amide bonds. The Balaban J connectivity index is 2.40. The van der Waals surface area contributed by atoms with Crippen LogP contribution in [-0.4, -0.2) is 30.8 Å². The number of carbonyl (C=O) groups is 1. The van der Waals surface area contributed by atoms with E-state index in [4.69, 9.17) is 9.84 Å². The van der Waals surface area contributed by atoms with Gasteiger partial charge in [-0.05, 0) is 63.4 Å². The first kappa shape index (κ1) is 26.5. The van der Waals surface area contributed by atoms with Gasteiger partial charge >= 0.3 is 12.1 Å². The summed E-state index contributed by atoms with van der Waals surface area (Å²) in [6.07, 6.45) is -4.29. The minimum atomic E-state index is -4.62. The second-order valence-corrected chi connectivity index (χ2v) is 10.5. The van der Waals surface area contributed by atoms with E-state index in [1.165, 1.54) is 13.8 Å². The van der Waals surface area contributed by atoms with Crippen molar-refractivity contribution in [2.24, 2.45) is 0 Å². The maximum atomic E-state index is 13.3. The highest BCUT2D eigenvalue weighted by Crippen LogP contribution is 2.39. The number of ether oxygens (including phenoxy) is 1. The van der Waals surface area contributed by atoms with Crippen molar-refractivity contribution in [3.05, 3.63) is 59.2 Å². The Bertz CT molecular complexity index is 1060. The summed E-state index contributed by atoms with van der Waals surface area (Å²) in [5.41, 5.74) is 0.524. The van der Waals surface area contributed by atoms with E-state index in [9.17, 15) is 26.4 Å². The van der Waals surface area contributed by atoms with Crippen LogP contribution in [0.5, 0.6) is 5.75 Å². The fourth-order valence-corrected chi connectivity index (χ4v) is 4.61. The van der Waals surface area contributed by atoms with E-state index in [-0.39, 0.29) is 24.5 Å². The number of nitrogens with zero attached hydrogens (tertiary/aromatic N) is 1. The van der Waals surface area contributed by atoms with Crippen molar-refractivity contribution >= 4 is 21.7 Å². The number of sulfonamides is 1. The van der Waals surface area contributed by atoms with Gasteiger partial charge in [0, 0.05) is 12.5 Å². The van der Waals surface area contributed by atoms with Gasteiger partial charge in [0.25, 0.3) is 0 Å². The Kier molecular flexibility index (Phi) is 8.40. The summed E-state index contributed by atoms with van der Waals surface area (Å²) in [4.78, 5) is 10.7. The number of carboxylic acids is 1. The molecule has 0 radical (unpaired) electrons. The Morgan fingerprint density at radius 3 is 2.09 bits per heavy atom. The minimum Gasteiger partial charge on any atom is -0.487 e. The van der Waals surface area contributed by atoms with Gasteiger partial charge in [-0.15, -0.1) is 0 Å². The highest BCUT2D eigenvalue weighted by molar-refractivity contribution is 7.93. The molecular formula is C23H28F3NO5S. The number of hydrogen-bond acceptors (Lipinski definition) is 4. The summed E-state index contributed by atoms with van der Waals surface area (Å²) in [6.45, 7) is 6.18. The molecule has 0 bridgehead atoms. The second kappa shape index (κ2) is 10.5. The first-order chi connectivity index (χ1) is 15.2. The van der Waals surface area contributed by atoms with Crippen molar-refractivity contribution in [2.45, 2.75) is 64.6 Å². The molecule has 0 aliphatic carbocycles. The molecule has 2 aromatic rings. The van der Waals surface area contributed by atoms with Gasteiger partial charge in [-0.3, -0.25) is 9.10 Å². The molecule has 0 spiro atoms. The standard InChI is InChI=1S/C23H28F3NO5S/c1-15(2)27(33(30,31)16(3)4)20-11-10-19(23(24,25)26)13-21(20)32-14-18-7-5-17(6-8-18)9-12-22(28)29/h5-8,10-11,13,15-16H,9,12,14H2,1-4H3,(H,28,29). The molecule has 2 aromatic carbocycles. The van der Waals surface area contributed by atoms with Gasteiger partial charge in [0.1, 0.15) is 12.4 Å². The number of rotatable bonds is 10. The second-order valence-electron chi connectivity index (χ2n) is 8.16. The maximum Gasteiger partial charge on any atom is 0.416 e. The van der Waals surface area contributed by atoms with E-state index in [0.717, 1.165) is 28.1 Å². The molecule has 1 N–H and O–H groups in total. The Labute approximate surface area is 192 Å². The van der Waals surface area contributed by atoms with E-state index in [2.05, 4.69) is 0 Å². The highest BCUT2D eigenvalue weighted by atomic mass is 32.2. The van der Waals surface area contributed by atoms with E-state index in [1.54, 1.807) is 38.1 Å². The summed E-state index contributed by atoms with van der Waals surface area (Å²) in [7, 11) is -3.84. The zero-order chi connectivity index (χ0) is 25.0. The van der Waals surface area contributed by atoms with Crippen molar-refractivity contribution in [2.75, 3.05) is 4.31 Å². The van der Waals surface area contributed by atoms with Crippen molar-refractivity contribution in [3.63, 3.8) is 0 Å². The molecule has 0 aliphatic rings. The highest BCUT2D eigenvalue weighted by Gasteiger charge is 2.35. The zero-order valence-corrected chi connectivity index (χ0v) is 19.7. The first-order valence-electron chi connectivity index (χ1n) is 10.4. The molecule has 0 aromatic heterocycles. The number of aliphatic carboxylic acids is 1. The molecule has 0 heterocycles. The van der Waals surface area contributed by atoms with Crippen LogP contribution in [0.15, 0.2) is 42.5 Å². The Morgan fingerprint density at radius 2 is 1.61 bits per heavy atom. The average molecular weight is 488 g/mol. The minimum absolute atomic E-state index is 0.0151. The topological polar surface area (TPSA) is 83.9 Å². The number of alkyl halides is 3. The van der Waals surface area contributed by atoms with Gasteiger partial charge < -0.3 is 9.84 Å². The molecule has 182 valence electrons. The molecule has 0 saturated heterocycles. The molecule has 0 atom stereocenters. The van der Waals surface area contributed by atoms with Crippen molar-refractivity contribution in [1.29, 1.82) is 0 Å². The lowest BCUT2D eigenvalue weighted by Crippen LogP contribution is -2.41. The maximum absolute atomic E-state index is 13.3. The van der Waals surface area contributed by atoms with Crippen LogP contribution in [0.4, 0.5) is 18.9 Å². The van der Waals surface area contributed by atoms with Crippen molar-refractivity contribution < 1.29 is 36.2 Å². The van der Waals surface area contributed by atoms with Crippen molar-refractivity contribution in [1.82, 2.24) is 0 Å². The predicted octanol–water partition coefficient (Wildman–Crippen LogP) is 5.25. The van der Waals surface area contributed by atoms with Gasteiger partial charge in [-0.2, -0.15) is 13.2 Å². The number of halogens is 3. The summed E-state index contributed by atoms with van der Waals surface area (Å²) >= 11 is 0. The number of carboxylic acid groups (broad SMARTS) is 1. The molecule has 2 rings (SSSR count). The van der Waals surface area contributed by atoms with Crippen LogP contribution < -0.4 is 9.04 Å². The summed E-state index contributed by atoms with van der Waals surface area (Å²) in [5, 5.41) is 7.99. The molecule has 6 nitrogen and oxygen atoms in total. The quantitative estimate of drug-likeness (QED) is 0.495. The molecular weight excluding hydrogens is 459 g/mol. The van der Waals surface area contributed by atoms with E-state index in [1.807, 2.05) is 0 Å². The smallest absolute Gasteiger partial charge is 0.416 e. The lowest BCUT2D eigenvalue weighted by Gasteiger charge is -2.31. The number of benzene rings is 2. The van der Waals surface area contributed by atoms with Crippen LogP contribution in [0.25, 0.3) is 0 Å². The molecule has 0 aliphatic heterocycles. The van der Waals surface area contributed by atoms with Crippen LogP contribution >= 0.6 is 0 Å². The fraction of sp³-hybridized carbons (Fsp3) is 0.435. The predicted molar refractivity (Wildman–Crippen MR) is 120 cm³/mol. The molecule has 0 saturated carbocycles. The van der Waals surface area contributed by atoms with Gasteiger partial charge in [0.2, 0.25) is 10.0 Å². The number of aryl methyl sites for hydroxylation is 1. The molecule has 10 heteroatoms. The normalized spacial score (nSPS) is 12.3. The van der Waals surface area contributed by atoms with Crippen LogP contribution in [0, 0.1) is 0 Å². The third-order valence-electron chi connectivity index (χ3n) is 4.91. The lowest BCUT2D eigenvalue weighted by molar-refractivity contribution is -0.138. The largest absolute Gasteiger partial charge is 0.487 e. The fourth-order valence-electron chi connectivity index (χ4n) is 3.14. The van der Waals surface area contributed by atoms with Crippen LogP contribution in [0.2, 0.25) is 0 Å². The number of anilines is 1. The van der Waals surface area contributed by atoms with E-state index < -0.39 is 39.0 Å². The van der Waals surface area contributed by atoms with E-state index >= 15 is 0 Å².